The molecule has 2 fully saturated rings. The van der Waals surface area contributed by atoms with Crippen LogP contribution in [-0.4, -0.2) is 63.6 Å². The van der Waals surface area contributed by atoms with Crippen LogP contribution in [0.15, 0.2) is 53.9 Å². The maximum atomic E-state index is 11.1. The van der Waals surface area contributed by atoms with Gasteiger partial charge in [0.05, 0.1) is 17.3 Å². The number of aliphatic hydroxyl groups is 2. The Morgan fingerprint density at radius 1 is 1.22 bits per heavy atom. The molecule has 0 radical (unpaired) electrons. The van der Waals surface area contributed by atoms with Crippen molar-refractivity contribution in [3.05, 3.63) is 59.5 Å². The summed E-state index contributed by atoms with van der Waals surface area (Å²) in [6, 6.07) is 4.07. The van der Waals surface area contributed by atoms with Crippen molar-refractivity contribution in [3.63, 3.8) is 0 Å². The van der Waals surface area contributed by atoms with Gasteiger partial charge in [-0.2, -0.15) is 0 Å². The van der Waals surface area contributed by atoms with E-state index in [0.29, 0.717) is 11.8 Å². The van der Waals surface area contributed by atoms with Crippen molar-refractivity contribution < 1.29 is 14.9 Å². The zero-order valence-corrected chi connectivity index (χ0v) is 19.5. The first-order valence-electron chi connectivity index (χ1n) is 12.0. The highest BCUT2D eigenvalue weighted by atomic mass is 16.5. The van der Waals surface area contributed by atoms with Gasteiger partial charge in [-0.3, -0.25) is 4.98 Å². The molecule has 2 aliphatic heterocycles. The van der Waals surface area contributed by atoms with Crippen LogP contribution in [0.5, 0.6) is 0 Å². The number of likely N-dealkylation sites (N-methyl/N-ethyl adjacent to an activating group) is 1. The number of fused-ring (bicyclic) bond motifs is 1. The van der Waals surface area contributed by atoms with Crippen molar-refractivity contribution in [1.82, 2.24) is 9.88 Å². The number of hydrogen-bond donors (Lipinski definition) is 2. The van der Waals surface area contributed by atoms with Gasteiger partial charge in [-0.25, -0.2) is 0 Å². The zero-order chi connectivity index (χ0) is 22.5. The fourth-order valence-corrected chi connectivity index (χ4v) is 7.78. The van der Waals surface area contributed by atoms with Gasteiger partial charge < -0.3 is 19.8 Å². The van der Waals surface area contributed by atoms with Crippen molar-refractivity contribution in [1.29, 1.82) is 0 Å². The highest BCUT2D eigenvalue weighted by molar-refractivity contribution is 5.74. The second-order valence-corrected chi connectivity index (χ2v) is 11.1. The highest BCUT2D eigenvalue weighted by Gasteiger charge is 2.68. The van der Waals surface area contributed by atoms with Crippen molar-refractivity contribution in [2.24, 2.45) is 17.3 Å². The Morgan fingerprint density at radius 2 is 2.03 bits per heavy atom. The smallest absolute Gasteiger partial charge is 0.105 e. The third kappa shape index (κ3) is 2.40. The third-order valence-electron chi connectivity index (χ3n) is 9.61. The van der Waals surface area contributed by atoms with Crippen molar-refractivity contribution in [2.45, 2.75) is 69.0 Å². The van der Waals surface area contributed by atoms with E-state index in [9.17, 15) is 10.2 Å². The van der Waals surface area contributed by atoms with Crippen molar-refractivity contribution >= 4 is 5.57 Å². The van der Waals surface area contributed by atoms with Gasteiger partial charge in [0, 0.05) is 29.8 Å². The van der Waals surface area contributed by atoms with E-state index in [4.69, 9.17) is 4.74 Å². The van der Waals surface area contributed by atoms with Gasteiger partial charge in [0.15, 0.2) is 0 Å². The molecule has 6 rings (SSSR count). The minimum atomic E-state index is -0.885. The predicted octanol–water partition coefficient (Wildman–Crippen LogP) is 3.35. The molecule has 0 amide bonds. The third-order valence-corrected chi connectivity index (χ3v) is 9.61. The minimum absolute atomic E-state index is 0.0306. The summed E-state index contributed by atoms with van der Waals surface area (Å²) in [5, 5.41) is 22.0. The molecule has 2 unspecified atom stereocenters. The molecule has 0 aromatic carbocycles. The first-order chi connectivity index (χ1) is 15.2. The molecular weight excluding hydrogens is 400 g/mol. The van der Waals surface area contributed by atoms with Gasteiger partial charge in [-0.15, -0.1) is 0 Å². The monoisotopic (exact) mass is 434 g/mol. The summed E-state index contributed by atoms with van der Waals surface area (Å²) < 4.78 is 7.21. The Hall–Kier alpha value is -1.79. The van der Waals surface area contributed by atoms with E-state index in [-0.39, 0.29) is 17.1 Å². The summed E-state index contributed by atoms with van der Waals surface area (Å²) >= 11 is 0. The van der Waals surface area contributed by atoms with Crippen LogP contribution in [-0.2, 0) is 4.74 Å². The molecule has 5 aliphatic rings. The average molecular weight is 435 g/mol. The number of aromatic nitrogens is 1. The molecule has 1 saturated carbocycles. The topological polar surface area (TPSA) is 65.8 Å². The molecule has 2 spiro atoms. The van der Waals surface area contributed by atoms with E-state index in [1.807, 2.05) is 37.5 Å². The summed E-state index contributed by atoms with van der Waals surface area (Å²) in [5.41, 5.74) is 3.85. The number of allylic oxidation sites excluding steroid dienone is 3. The number of pyridine rings is 1. The molecule has 1 aromatic heterocycles. The van der Waals surface area contributed by atoms with Gasteiger partial charge in [-0.1, -0.05) is 38.1 Å². The van der Waals surface area contributed by atoms with E-state index in [1.165, 1.54) is 16.7 Å². The van der Waals surface area contributed by atoms with Gasteiger partial charge >= 0.3 is 0 Å². The molecule has 2 N–H and O–H groups in total. The molecular formula is C27H34N2O3. The maximum absolute atomic E-state index is 11.1. The number of ether oxygens (including phenoxy) is 1. The van der Waals surface area contributed by atoms with Crippen LogP contribution in [0.1, 0.15) is 45.1 Å². The standard InChI is InChI=1S/C27H34N2O3/c1-16-12-18-13-20-23(30)24(31)21(29(3)4)14-26(20)9-10-27(18,32-26)22-8-7-19(25(16,22)2)17-6-5-11-28-15-17/h5-7,11-13,15-16,21-24,30-31H,8-10,14H2,1-4H3/t16?,21-,22?,23+,24+,25+,26+,27+/m0/s1. The summed E-state index contributed by atoms with van der Waals surface area (Å²) in [4.78, 5) is 6.42. The number of aliphatic hydroxyl groups excluding tert-OH is 2. The van der Waals surface area contributed by atoms with Crippen LogP contribution in [0.3, 0.4) is 0 Å². The lowest BCUT2D eigenvalue weighted by molar-refractivity contribution is -0.165. The molecule has 5 nitrogen and oxygen atoms in total. The lowest BCUT2D eigenvalue weighted by atomic mass is 9.54. The Labute approximate surface area is 190 Å². The lowest BCUT2D eigenvalue weighted by Gasteiger charge is -2.57. The number of nitrogens with zero attached hydrogens (tertiary/aromatic N) is 2. The van der Waals surface area contributed by atoms with Crippen LogP contribution >= 0.6 is 0 Å². The molecule has 1 saturated heterocycles. The molecule has 3 aliphatic carbocycles. The van der Waals surface area contributed by atoms with Crippen LogP contribution in [0.2, 0.25) is 0 Å². The molecule has 8 atom stereocenters. The molecule has 3 heterocycles. The summed E-state index contributed by atoms with van der Waals surface area (Å²) in [6.07, 6.45) is 12.7. The van der Waals surface area contributed by atoms with E-state index >= 15 is 0 Å². The van der Waals surface area contributed by atoms with Crippen molar-refractivity contribution in [2.75, 3.05) is 14.1 Å². The van der Waals surface area contributed by atoms with Gasteiger partial charge in [0.1, 0.15) is 6.10 Å². The SMILES string of the molecule is CC1C=C2C=C3[C@@H](O)[C@H](O)[C@@H](N(C)C)C[C@]34CC[C@]2(O4)C2CC=C(c3cccnc3)[C@@]12C. The lowest BCUT2D eigenvalue weighted by Crippen LogP contribution is -2.62. The molecule has 1 aromatic rings. The Balaban J connectivity index is 1.47. The number of rotatable bonds is 2. The normalized spacial score (nSPS) is 46.7. The molecule has 2 bridgehead atoms. The van der Waals surface area contributed by atoms with E-state index in [2.05, 4.69) is 43.1 Å². The van der Waals surface area contributed by atoms with Crippen LogP contribution < -0.4 is 0 Å². The predicted molar refractivity (Wildman–Crippen MR) is 124 cm³/mol. The second kappa shape index (κ2) is 6.63. The first kappa shape index (κ1) is 20.8. The van der Waals surface area contributed by atoms with Crippen LogP contribution in [0.25, 0.3) is 5.57 Å². The fourth-order valence-electron chi connectivity index (χ4n) is 7.78. The second-order valence-electron chi connectivity index (χ2n) is 11.1. The summed E-state index contributed by atoms with van der Waals surface area (Å²) in [7, 11) is 3.95. The van der Waals surface area contributed by atoms with E-state index in [1.54, 1.807) is 0 Å². The van der Waals surface area contributed by atoms with Gasteiger partial charge in [0.2, 0.25) is 0 Å². The van der Waals surface area contributed by atoms with Crippen LogP contribution in [0.4, 0.5) is 0 Å². The largest absolute Gasteiger partial charge is 0.388 e. The Bertz CT molecular complexity index is 1050. The zero-order valence-electron chi connectivity index (χ0n) is 19.5. The molecule has 5 heteroatoms. The highest BCUT2D eigenvalue weighted by Crippen LogP contribution is 2.68. The maximum Gasteiger partial charge on any atom is 0.105 e. The minimum Gasteiger partial charge on any atom is -0.388 e. The quantitative estimate of drug-likeness (QED) is 0.747. The van der Waals surface area contributed by atoms with Gasteiger partial charge in [0.25, 0.3) is 0 Å². The van der Waals surface area contributed by atoms with Gasteiger partial charge in [-0.05, 0) is 74.0 Å². The average Bonchev–Trinajstić information content (AvgIpc) is 3.30. The summed E-state index contributed by atoms with van der Waals surface area (Å²) in [6.45, 7) is 4.72. The molecule has 32 heavy (non-hydrogen) atoms. The fraction of sp³-hybridized carbons (Fsp3) is 0.593. The Kier molecular flexibility index (Phi) is 4.31. The summed E-state index contributed by atoms with van der Waals surface area (Å²) in [5.74, 6) is 0.676. The van der Waals surface area contributed by atoms with Crippen LogP contribution in [0, 0.1) is 17.3 Å². The van der Waals surface area contributed by atoms with Crippen molar-refractivity contribution in [3.8, 4) is 0 Å². The molecule has 170 valence electrons. The van der Waals surface area contributed by atoms with E-state index in [0.717, 1.165) is 31.3 Å². The first-order valence-corrected chi connectivity index (χ1v) is 12.0. The Morgan fingerprint density at radius 3 is 2.75 bits per heavy atom. The van der Waals surface area contributed by atoms with E-state index < -0.39 is 17.8 Å². The number of hydrogen-bond acceptors (Lipinski definition) is 5.